The van der Waals surface area contributed by atoms with Gasteiger partial charge in [0.25, 0.3) is 0 Å². The van der Waals surface area contributed by atoms with Crippen LogP contribution in [-0.4, -0.2) is 9.97 Å². The van der Waals surface area contributed by atoms with Crippen LogP contribution in [0.5, 0.6) is 0 Å². The van der Waals surface area contributed by atoms with Crippen molar-refractivity contribution < 1.29 is 0 Å². The van der Waals surface area contributed by atoms with Crippen LogP contribution in [0.3, 0.4) is 0 Å². The molecule has 0 unspecified atom stereocenters. The average molecular weight is 135 g/mol. The third kappa shape index (κ3) is 2.05. The van der Waals surface area contributed by atoms with Crippen molar-refractivity contribution in [1.29, 1.82) is 0 Å². The molecule has 1 heterocycles. The summed E-state index contributed by atoms with van der Waals surface area (Å²) in [4.78, 5) is 7.11. The molecule has 0 amide bonds. The second kappa shape index (κ2) is 3.88. The summed E-state index contributed by atoms with van der Waals surface area (Å²) in [6, 6.07) is 0. The predicted molar refractivity (Wildman–Crippen MR) is 41.4 cm³/mol. The van der Waals surface area contributed by atoms with E-state index in [0.29, 0.717) is 0 Å². The van der Waals surface area contributed by atoms with E-state index in [-0.39, 0.29) is 0 Å². The van der Waals surface area contributed by atoms with Crippen LogP contribution in [0.25, 0.3) is 0 Å². The minimum absolute atomic E-state index is 0.971. The van der Waals surface area contributed by atoms with Crippen LogP contribution < -0.4 is 0 Å². The van der Waals surface area contributed by atoms with Gasteiger partial charge in [-0.25, -0.2) is 4.98 Å². The molecule has 0 bridgehead atoms. The van der Waals surface area contributed by atoms with Gasteiger partial charge in [0.15, 0.2) is 0 Å². The maximum absolute atomic E-state index is 4.08. The molecule has 1 N–H and O–H groups in total. The van der Waals surface area contributed by atoms with Gasteiger partial charge in [-0.3, -0.25) is 0 Å². The topological polar surface area (TPSA) is 28.7 Å². The third-order valence-corrected chi connectivity index (χ3v) is 1.27. The number of H-pyrrole nitrogens is 1. The summed E-state index contributed by atoms with van der Waals surface area (Å²) in [5.74, 6) is 1.04. The first-order valence-corrected chi connectivity index (χ1v) is 3.36. The fraction of sp³-hybridized carbons (Fsp3) is 0.250. The fourth-order valence-electron chi connectivity index (χ4n) is 0.773. The normalized spacial score (nSPS) is 10.9. The smallest absolute Gasteiger partial charge is 0.106 e. The zero-order valence-corrected chi connectivity index (χ0v) is 5.88. The second-order valence-corrected chi connectivity index (χ2v) is 2.05. The van der Waals surface area contributed by atoms with Gasteiger partial charge in [-0.15, -0.1) is 0 Å². The number of hydrogen-bond acceptors (Lipinski definition) is 1. The van der Waals surface area contributed by atoms with Gasteiger partial charge in [0.2, 0.25) is 0 Å². The Bertz CT molecular complexity index is 187. The standard InChI is InChI=1S/C8H11N2/c1-2-3-4-5-8-9-6-7-10-8/h2-3,6-7H,1,4-5H2,(H,9,10)/b3-2+. The summed E-state index contributed by atoms with van der Waals surface area (Å²) in [5.41, 5.74) is 0. The number of aromatic amines is 1. The Morgan fingerprint density at radius 2 is 2.60 bits per heavy atom. The van der Waals surface area contributed by atoms with E-state index in [2.05, 4.69) is 16.9 Å². The zero-order chi connectivity index (χ0) is 7.23. The van der Waals surface area contributed by atoms with Crippen molar-refractivity contribution in [3.8, 4) is 0 Å². The first-order valence-electron chi connectivity index (χ1n) is 3.36. The first-order chi connectivity index (χ1) is 4.93. The molecule has 0 saturated carbocycles. The number of hydrogen-bond donors (Lipinski definition) is 1. The summed E-state index contributed by atoms with van der Waals surface area (Å²) in [5, 5.41) is 0. The molecule has 1 aromatic rings. The average Bonchev–Trinajstić information content (AvgIpc) is 2.41. The summed E-state index contributed by atoms with van der Waals surface area (Å²) in [6.45, 7) is 3.59. The second-order valence-electron chi connectivity index (χ2n) is 2.05. The monoisotopic (exact) mass is 135 g/mol. The van der Waals surface area contributed by atoms with Gasteiger partial charge in [0, 0.05) is 18.8 Å². The zero-order valence-electron chi connectivity index (χ0n) is 5.88. The van der Waals surface area contributed by atoms with Crippen molar-refractivity contribution in [3.63, 3.8) is 0 Å². The maximum atomic E-state index is 4.08. The molecule has 0 aromatic carbocycles. The highest BCUT2D eigenvalue weighted by molar-refractivity contribution is 4.91. The van der Waals surface area contributed by atoms with Crippen molar-refractivity contribution in [1.82, 2.24) is 9.97 Å². The number of allylic oxidation sites excluding steroid dienone is 2. The predicted octanol–water partition coefficient (Wildman–Crippen LogP) is 1.73. The largest absolute Gasteiger partial charge is 0.349 e. The van der Waals surface area contributed by atoms with Crippen molar-refractivity contribution in [2.24, 2.45) is 0 Å². The van der Waals surface area contributed by atoms with E-state index in [9.17, 15) is 0 Å². The lowest BCUT2D eigenvalue weighted by Crippen LogP contribution is -1.84. The van der Waals surface area contributed by atoms with Gasteiger partial charge in [0.1, 0.15) is 5.82 Å². The van der Waals surface area contributed by atoms with Crippen LogP contribution in [0.4, 0.5) is 0 Å². The highest BCUT2D eigenvalue weighted by Gasteiger charge is 1.89. The van der Waals surface area contributed by atoms with E-state index < -0.39 is 0 Å². The Labute approximate surface area is 61.0 Å². The maximum Gasteiger partial charge on any atom is 0.106 e. The Morgan fingerprint density at radius 1 is 1.70 bits per heavy atom. The molecule has 1 rings (SSSR count). The number of aromatic nitrogens is 2. The lowest BCUT2D eigenvalue weighted by atomic mass is 10.3. The minimum Gasteiger partial charge on any atom is -0.349 e. The molecule has 0 spiro atoms. The van der Waals surface area contributed by atoms with Gasteiger partial charge in [-0.2, -0.15) is 0 Å². The van der Waals surface area contributed by atoms with E-state index in [1.54, 1.807) is 6.20 Å². The van der Waals surface area contributed by atoms with Crippen molar-refractivity contribution in [2.45, 2.75) is 12.8 Å². The Hall–Kier alpha value is -1.05. The molecular formula is C8H11N2. The number of nitrogens with zero attached hydrogens (tertiary/aromatic N) is 1. The summed E-state index contributed by atoms with van der Waals surface area (Å²) >= 11 is 0. The Kier molecular flexibility index (Phi) is 2.74. The molecule has 2 nitrogen and oxygen atoms in total. The van der Waals surface area contributed by atoms with E-state index in [0.717, 1.165) is 18.7 Å². The molecule has 0 aliphatic rings. The fourth-order valence-corrected chi connectivity index (χ4v) is 0.773. The quantitative estimate of drug-likeness (QED) is 0.671. The number of imidazole rings is 1. The van der Waals surface area contributed by atoms with Gasteiger partial charge < -0.3 is 4.98 Å². The van der Waals surface area contributed by atoms with Crippen molar-refractivity contribution in [3.05, 3.63) is 37.3 Å². The number of aryl methyl sites for hydroxylation is 1. The van der Waals surface area contributed by atoms with Crippen LogP contribution in [0.15, 0.2) is 24.5 Å². The molecule has 0 aliphatic heterocycles. The first kappa shape index (κ1) is 7.06. The van der Waals surface area contributed by atoms with Crippen LogP contribution >= 0.6 is 0 Å². The summed E-state index contributed by atoms with van der Waals surface area (Å²) in [6.07, 6.45) is 9.42. The molecule has 1 radical (unpaired) electrons. The van der Waals surface area contributed by atoms with E-state index >= 15 is 0 Å². The van der Waals surface area contributed by atoms with Crippen LogP contribution in [0, 0.1) is 6.92 Å². The van der Waals surface area contributed by atoms with Crippen LogP contribution in [0.1, 0.15) is 12.2 Å². The molecule has 2 heteroatoms. The van der Waals surface area contributed by atoms with E-state index in [4.69, 9.17) is 0 Å². The molecule has 0 atom stereocenters. The highest BCUT2D eigenvalue weighted by Crippen LogP contribution is 1.94. The van der Waals surface area contributed by atoms with Gasteiger partial charge in [0.05, 0.1) is 0 Å². The lowest BCUT2D eigenvalue weighted by molar-refractivity contribution is 0.910. The highest BCUT2D eigenvalue weighted by atomic mass is 14.9. The molecule has 0 aliphatic carbocycles. The molecule has 53 valence electrons. The van der Waals surface area contributed by atoms with E-state index in [1.807, 2.05) is 18.3 Å². The summed E-state index contributed by atoms with van der Waals surface area (Å²) < 4.78 is 0. The third-order valence-electron chi connectivity index (χ3n) is 1.27. The minimum atomic E-state index is 0.971. The number of rotatable bonds is 3. The van der Waals surface area contributed by atoms with Crippen LogP contribution in [-0.2, 0) is 6.42 Å². The van der Waals surface area contributed by atoms with Gasteiger partial charge in [-0.05, 0) is 13.3 Å². The van der Waals surface area contributed by atoms with Crippen molar-refractivity contribution in [2.75, 3.05) is 0 Å². The molecular weight excluding hydrogens is 124 g/mol. The van der Waals surface area contributed by atoms with Gasteiger partial charge >= 0.3 is 0 Å². The summed E-state index contributed by atoms with van der Waals surface area (Å²) in [7, 11) is 0. The number of nitrogens with one attached hydrogen (secondary N) is 1. The van der Waals surface area contributed by atoms with Crippen molar-refractivity contribution >= 4 is 0 Å². The lowest BCUT2D eigenvalue weighted by Gasteiger charge is -1.88. The Morgan fingerprint density at radius 3 is 3.20 bits per heavy atom. The molecule has 0 saturated heterocycles. The van der Waals surface area contributed by atoms with Crippen LogP contribution in [0.2, 0.25) is 0 Å². The SMILES string of the molecule is [CH2]/C=C/CCc1ncc[nH]1. The molecule has 10 heavy (non-hydrogen) atoms. The molecule has 0 fully saturated rings. The molecule has 1 aromatic heterocycles. The van der Waals surface area contributed by atoms with Gasteiger partial charge in [-0.1, -0.05) is 12.2 Å². The Balaban J connectivity index is 2.28. The van der Waals surface area contributed by atoms with E-state index in [1.165, 1.54) is 0 Å².